The number of nitro benzene ring substituents is 1. The highest BCUT2D eigenvalue weighted by atomic mass is 16.6. The molecule has 8 nitrogen and oxygen atoms in total. The van der Waals surface area contributed by atoms with Crippen molar-refractivity contribution in [1.82, 2.24) is 19.8 Å². The molecule has 1 N–H and O–H groups in total. The van der Waals surface area contributed by atoms with Crippen LogP contribution in [0.25, 0.3) is 11.0 Å². The first-order chi connectivity index (χ1) is 14.0. The van der Waals surface area contributed by atoms with E-state index in [1.54, 1.807) is 6.07 Å². The summed E-state index contributed by atoms with van der Waals surface area (Å²) in [5, 5.41) is 13.7. The highest BCUT2D eigenvalue weighted by Gasteiger charge is 2.13. The fourth-order valence-corrected chi connectivity index (χ4v) is 3.26. The van der Waals surface area contributed by atoms with Gasteiger partial charge >= 0.3 is 0 Å². The Kier molecular flexibility index (Phi) is 6.56. The molecule has 152 valence electrons. The summed E-state index contributed by atoms with van der Waals surface area (Å²) < 4.78 is 2.21. The van der Waals surface area contributed by atoms with Gasteiger partial charge in [-0.25, -0.2) is 4.98 Å². The van der Waals surface area contributed by atoms with Crippen molar-refractivity contribution in [1.29, 1.82) is 0 Å². The maximum Gasteiger partial charge on any atom is 0.270 e. The van der Waals surface area contributed by atoms with Gasteiger partial charge in [0.1, 0.15) is 5.82 Å². The molecule has 0 unspecified atom stereocenters. The molecule has 8 heteroatoms. The van der Waals surface area contributed by atoms with Crippen LogP contribution in [-0.2, 0) is 13.0 Å². The summed E-state index contributed by atoms with van der Waals surface area (Å²) in [6.45, 7) is 2.24. The molecule has 0 saturated carbocycles. The van der Waals surface area contributed by atoms with Gasteiger partial charge in [0.25, 0.3) is 11.6 Å². The highest BCUT2D eigenvalue weighted by Crippen LogP contribution is 2.17. The summed E-state index contributed by atoms with van der Waals surface area (Å²) in [5.74, 6) is 0.591. The number of carbonyl (C=O) groups excluding carboxylic acids is 1. The van der Waals surface area contributed by atoms with E-state index >= 15 is 0 Å². The van der Waals surface area contributed by atoms with Crippen LogP contribution in [0.15, 0.2) is 48.5 Å². The smallest absolute Gasteiger partial charge is 0.270 e. The second kappa shape index (κ2) is 9.29. The second-order valence-corrected chi connectivity index (χ2v) is 7.14. The van der Waals surface area contributed by atoms with Crippen LogP contribution in [0.4, 0.5) is 5.69 Å². The quantitative estimate of drug-likeness (QED) is 0.444. The summed E-state index contributed by atoms with van der Waals surface area (Å²) in [6.07, 6.45) is 1.58. The SMILES string of the molecule is CN(C)CCCn1c(CCNC(=O)c2cccc([N+](=O)[O-])c2)nc2ccccc21. The number of aromatic nitrogens is 2. The van der Waals surface area contributed by atoms with Crippen LogP contribution in [-0.4, -0.2) is 52.5 Å². The molecule has 1 aromatic heterocycles. The molecular formula is C21H25N5O3. The largest absolute Gasteiger partial charge is 0.352 e. The minimum atomic E-state index is -0.507. The standard InChI is InChI=1S/C21H25N5O3/c1-24(2)13-6-14-25-19-10-4-3-9-18(19)23-20(25)11-12-22-21(27)16-7-5-8-17(15-16)26(28)29/h3-5,7-10,15H,6,11-14H2,1-2H3,(H,22,27). The van der Waals surface area contributed by atoms with E-state index in [1.165, 1.54) is 18.2 Å². The van der Waals surface area contributed by atoms with E-state index in [4.69, 9.17) is 4.98 Å². The monoisotopic (exact) mass is 395 g/mol. The minimum Gasteiger partial charge on any atom is -0.352 e. The van der Waals surface area contributed by atoms with Crippen LogP contribution < -0.4 is 5.32 Å². The van der Waals surface area contributed by atoms with Gasteiger partial charge < -0.3 is 14.8 Å². The normalized spacial score (nSPS) is 11.1. The van der Waals surface area contributed by atoms with E-state index < -0.39 is 4.92 Å². The molecule has 2 aromatic carbocycles. The van der Waals surface area contributed by atoms with Crippen molar-refractivity contribution >= 4 is 22.6 Å². The first kappa shape index (κ1) is 20.5. The maximum absolute atomic E-state index is 12.3. The number of imidazole rings is 1. The number of hydrogen-bond donors (Lipinski definition) is 1. The zero-order chi connectivity index (χ0) is 20.8. The number of carbonyl (C=O) groups is 1. The average Bonchev–Trinajstić information content (AvgIpc) is 3.05. The van der Waals surface area contributed by atoms with Gasteiger partial charge in [-0.05, 0) is 45.3 Å². The van der Waals surface area contributed by atoms with Crippen LogP contribution in [0, 0.1) is 10.1 Å². The van der Waals surface area contributed by atoms with E-state index in [9.17, 15) is 14.9 Å². The number of benzene rings is 2. The van der Waals surface area contributed by atoms with Gasteiger partial charge in [-0.3, -0.25) is 14.9 Å². The van der Waals surface area contributed by atoms with E-state index in [2.05, 4.69) is 34.9 Å². The van der Waals surface area contributed by atoms with Crippen LogP contribution >= 0.6 is 0 Å². The molecule has 0 saturated heterocycles. The van der Waals surface area contributed by atoms with Crippen molar-refractivity contribution in [2.75, 3.05) is 27.2 Å². The number of hydrogen-bond acceptors (Lipinski definition) is 5. The summed E-state index contributed by atoms with van der Waals surface area (Å²) >= 11 is 0. The highest BCUT2D eigenvalue weighted by molar-refractivity contribution is 5.94. The van der Waals surface area contributed by atoms with Crippen molar-refractivity contribution in [3.8, 4) is 0 Å². The van der Waals surface area contributed by atoms with E-state index in [0.717, 1.165) is 36.4 Å². The van der Waals surface area contributed by atoms with Crippen LogP contribution in [0.5, 0.6) is 0 Å². The molecule has 3 aromatic rings. The zero-order valence-corrected chi connectivity index (χ0v) is 16.7. The molecule has 0 atom stereocenters. The Morgan fingerprint density at radius 1 is 1.21 bits per heavy atom. The van der Waals surface area contributed by atoms with Gasteiger partial charge in [0, 0.05) is 37.2 Å². The number of nitrogens with zero attached hydrogens (tertiary/aromatic N) is 4. The molecule has 0 radical (unpaired) electrons. The zero-order valence-electron chi connectivity index (χ0n) is 16.7. The van der Waals surface area contributed by atoms with Crippen molar-refractivity contribution in [3.05, 3.63) is 70.0 Å². The van der Waals surface area contributed by atoms with Crippen molar-refractivity contribution < 1.29 is 9.72 Å². The average molecular weight is 395 g/mol. The lowest BCUT2D eigenvalue weighted by molar-refractivity contribution is -0.384. The van der Waals surface area contributed by atoms with Gasteiger partial charge in [-0.15, -0.1) is 0 Å². The summed E-state index contributed by atoms with van der Waals surface area (Å²) in [4.78, 5) is 29.6. The number of amides is 1. The number of non-ortho nitro benzene ring substituents is 1. The molecule has 1 amide bonds. The fourth-order valence-electron chi connectivity index (χ4n) is 3.26. The number of aryl methyl sites for hydroxylation is 1. The molecule has 0 bridgehead atoms. The Morgan fingerprint density at radius 3 is 2.76 bits per heavy atom. The first-order valence-electron chi connectivity index (χ1n) is 9.57. The number of rotatable bonds is 9. The molecule has 0 spiro atoms. The predicted octanol–water partition coefficient (Wildman–Crippen LogP) is 2.87. The van der Waals surface area contributed by atoms with E-state index in [0.29, 0.717) is 13.0 Å². The van der Waals surface area contributed by atoms with Gasteiger partial charge in [-0.1, -0.05) is 18.2 Å². The summed E-state index contributed by atoms with van der Waals surface area (Å²) in [7, 11) is 4.10. The van der Waals surface area contributed by atoms with E-state index in [1.807, 2.05) is 18.2 Å². The Labute approximate surface area is 169 Å². The third kappa shape index (κ3) is 5.17. The second-order valence-electron chi connectivity index (χ2n) is 7.14. The lowest BCUT2D eigenvalue weighted by Gasteiger charge is -2.13. The maximum atomic E-state index is 12.3. The predicted molar refractivity (Wildman–Crippen MR) is 112 cm³/mol. The molecule has 1 heterocycles. The Bertz CT molecular complexity index is 1010. The minimum absolute atomic E-state index is 0.0969. The Morgan fingerprint density at radius 2 is 2.00 bits per heavy atom. The first-order valence-corrected chi connectivity index (χ1v) is 9.57. The third-order valence-corrected chi connectivity index (χ3v) is 4.67. The Hall–Kier alpha value is -3.26. The topological polar surface area (TPSA) is 93.3 Å². The lowest BCUT2D eigenvalue weighted by atomic mass is 10.2. The van der Waals surface area contributed by atoms with Crippen LogP contribution in [0.3, 0.4) is 0 Å². The molecule has 3 rings (SSSR count). The van der Waals surface area contributed by atoms with Gasteiger partial charge in [-0.2, -0.15) is 0 Å². The third-order valence-electron chi connectivity index (χ3n) is 4.67. The number of fused-ring (bicyclic) bond motifs is 1. The molecule has 0 aliphatic rings. The van der Waals surface area contributed by atoms with Crippen molar-refractivity contribution in [3.63, 3.8) is 0 Å². The molecular weight excluding hydrogens is 370 g/mol. The van der Waals surface area contributed by atoms with E-state index in [-0.39, 0.29) is 17.2 Å². The number of nitrogens with one attached hydrogen (secondary N) is 1. The summed E-state index contributed by atoms with van der Waals surface area (Å²) in [6, 6.07) is 13.7. The van der Waals surface area contributed by atoms with Crippen LogP contribution in [0.1, 0.15) is 22.6 Å². The van der Waals surface area contributed by atoms with Gasteiger partial charge in [0.15, 0.2) is 0 Å². The molecule has 29 heavy (non-hydrogen) atoms. The van der Waals surface area contributed by atoms with Crippen molar-refractivity contribution in [2.24, 2.45) is 0 Å². The van der Waals surface area contributed by atoms with Gasteiger partial charge in [0.05, 0.1) is 16.0 Å². The van der Waals surface area contributed by atoms with Crippen LogP contribution in [0.2, 0.25) is 0 Å². The lowest BCUT2D eigenvalue weighted by Crippen LogP contribution is -2.26. The number of para-hydroxylation sites is 2. The summed E-state index contributed by atoms with van der Waals surface area (Å²) in [5.41, 5.74) is 2.21. The molecule has 0 aliphatic carbocycles. The van der Waals surface area contributed by atoms with Gasteiger partial charge in [0.2, 0.25) is 0 Å². The van der Waals surface area contributed by atoms with Crippen molar-refractivity contribution in [2.45, 2.75) is 19.4 Å². The fraction of sp³-hybridized carbons (Fsp3) is 0.333. The Balaban J connectivity index is 1.67. The molecule has 0 aliphatic heterocycles. The number of nitro groups is 1. The molecule has 0 fully saturated rings.